The first-order valence-electron chi connectivity index (χ1n) is 17.3. The third-order valence-electron chi connectivity index (χ3n) is 8.80. The number of amides is 4. The number of hydrogen-bond donors (Lipinski definition) is 6. The van der Waals surface area contributed by atoms with Gasteiger partial charge in [-0.2, -0.15) is 0 Å². The Kier molecular flexibility index (Phi) is 8.96. The van der Waals surface area contributed by atoms with Gasteiger partial charge in [0.2, 0.25) is 0 Å². The predicted octanol–water partition coefficient (Wildman–Crippen LogP) is 8.06. The lowest BCUT2D eigenvalue weighted by molar-refractivity contribution is 0.261. The quantitative estimate of drug-likeness (QED) is 0.0907. The monoisotopic (exact) mass is 730 g/mol. The molecule has 272 valence electrons. The number of fused-ring (bicyclic) bond motifs is 2. The molecule has 0 atom stereocenters. The van der Waals surface area contributed by atoms with E-state index in [1.54, 1.807) is 24.3 Å². The van der Waals surface area contributed by atoms with Crippen LogP contribution in [0.15, 0.2) is 121 Å². The van der Waals surface area contributed by atoms with Crippen molar-refractivity contribution in [3.05, 3.63) is 144 Å². The van der Waals surface area contributed by atoms with Crippen LogP contribution in [-0.2, 0) is 6.42 Å². The van der Waals surface area contributed by atoms with E-state index >= 15 is 0 Å². The van der Waals surface area contributed by atoms with Crippen molar-refractivity contribution in [2.75, 3.05) is 21.3 Å². The molecular formula is C41H34N10O4. The van der Waals surface area contributed by atoms with Crippen LogP contribution in [0.3, 0.4) is 0 Å². The fourth-order valence-corrected chi connectivity index (χ4v) is 6.04. The number of rotatable bonds is 8. The van der Waals surface area contributed by atoms with Gasteiger partial charge in [-0.3, -0.25) is 0 Å². The van der Waals surface area contributed by atoms with Crippen LogP contribution in [0.2, 0.25) is 0 Å². The first-order chi connectivity index (χ1) is 26.6. The maximum atomic E-state index is 12.7. The summed E-state index contributed by atoms with van der Waals surface area (Å²) < 4.78 is 0. The summed E-state index contributed by atoms with van der Waals surface area (Å²) in [5.41, 5.74) is 9.81. The van der Waals surface area contributed by atoms with Gasteiger partial charge in [0.1, 0.15) is 44.9 Å². The molecule has 0 saturated heterocycles. The van der Waals surface area contributed by atoms with Gasteiger partial charge < -0.3 is 31.5 Å². The molecule has 6 aromatic carbocycles. The van der Waals surface area contributed by atoms with Gasteiger partial charge in [0.05, 0.1) is 0 Å². The van der Waals surface area contributed by atoms with Gasteiger partial charge in [0.25, 0.3) is 0 Å². The Labute approximate surface area is 314 Å². The van der Waals surface area contributed by atoms with Gasteiger partial charge in [-0.05, 0) is 115 Å². The Morgan fingerprint density at radius 2 is 0.836 bits per heavy atom. The molecule has 55 heavy (non-hydrogen) atoms. The molecule has 6 N–H and O–H groups in total. The number of hydrogen-bond acceptors (Lipinski definition) is 8. The molecule has 0 spiro atoms. The summed E-state index contributed by atoms with van der Waals surface area (Å²) in [5.74, 6) is -0.162. The number of phenolic OH excluding ortho intramolecular Hbond substituents is 2. The van der Waals surface area contributed by atoms with Gasteiger partial charge in [0.15, 0.2) is 0 Å². The summed E-state index contributed by atoms with van der Waals surface area (Å²) in [5, 5.41) is 50.1. The van der Waals surface area contributed by atoms with E-state index in [4.69, 9.17) is 0 Å². The van der Waals surface area contributed by atoms with E-state index in [9.17, 15) is 19.8 Å². The molecule has 0 aliphatic heterocycles. The molecule has 0 radical (unpaired) electrons. The number of nitrogens with one attached hydrogen (secondary N) is 4. The second-order valence-electron chi connectivity index (χ2n) is 13.1. The van der Waals surface area contributed by atoms with Crippen LogP contribution in [0.5, 0.6) is 11.5 Å². The number of aromatic hydroxyl groups is 2. The van der Waals surface area contributed by atoms with Crippen LogP contribution in [0.25, 0.3) is 33.4 Å². The number of nitrogens with zero attached hydrogens (tertiary/aromatic N) is 6. The summed E-state index contributed by atoms with van der Waals surface area (Å²) in [7, 11) is 0. The first kappa shape index (κ1) is 34.4. The lowest BCUT2D eigenvalue weighted by atomic mass is 10.0. The highest BCUT2D eigenvalue weighted by Gasteiger charge is 2.13. The lowest BCUT2D eigenvalue weighted by Gasteiger charge is -2.11. The summed E-state index contributed by atoms with van der Waals surface area (Å²) in [4.78, 5) is 28.2. The molecule has 8 rings (SSSR count). The second kappa shape index (κ2) is 14.4. The Balaban J connectivity index is 0.817. The van der Waals surface area contributed by atoms with Crippen molar-refractivity contribution in [3.63, 3.8) is 0 Å². The van der Waals surface area contributed by atoms with Crippen LogP contribution >= 0.6 is 0 Å². The summed E-state index contributed by atoms with van der Waals surface area (Å²) in [6.45, 7) is 3.95. The van der Waals surface area contributed by atoms with E-state index in [0.717, 1.165) is 33.3 Å². The number of aryl methyl sites for hydroxylation is 2. The number of aromatic nitrogens is 6. The van der Waals surface area contributed by atoms with Crippen molar-refractivity contribution in [2.24, 2.45) is 0 Å². The number of benzene rings is 6. The highest BCUT2D eigenvalue weighted by atomic mass is 16.3. The summed E-state index contributed by atoms with van der Waals surface area (Å²) in [6, 6.07) is 35.0. The normalized spacial score (nSPS) is 11.1. The van der Waals surface area contributed by atoms with Crippen molar-refractivity contribution in [2.45, 2.75) is 20.3 Å². The topological polar surface area (TPSA) is 184 Å². The first-order valence-corrected chi connectivity index (χ1v) is 17.3. The van der Waals surface area contributed by atoms with E-state index in [1.165, 1.54) is 21.7 Å². The molecule has 0 bridgehead atoms. The number of urea groups is 2. The fraction of sp³-hybridized carbons (Fsp3) is 0.0732. The SMILES string of the molecule is Cc1ccc2nn(-c3ccc(NC(=O)Nc4ccc(Cc5ccc(NC(=O)Nc6ccc(-n7nc8ccc(C)cc8n7)c(O)c6)cc5)cc4)cc3O)nc2c1. The minimum Gasteiger partial charge on any atom is -0.506 e. The third-order valence-corrected chi connectivity index (χ3v) is 8.80. The number of carbonyl (C=O) groups excluding carboxylic acids is 2. The molecule has 0 aliphatic rings. The van der Waals surface area contributed by atoms with Crippen LogP contribution in [0.4, 0.5) is 32.3 Å². The van der Waals surface area contributed by atoms with E-state index in [-0.39, 0.29) is 11.5 Å². The van der Waals surface area contributed by atoms with E-state index in [2.05, 4.69) is 41.7 Å². The van der Waals surface area contributed by atoms with Crippen LogP contribution in [-0.4, -0.2) is 52.3 Å². The van der Waals surface area contributed by atoms with E-state index in [0.29, 0.717) is 51.6 Å². The zero-order valence-electron chi connectivity index (χ0n) is 29.6. The van der Waals surface area contributed by atoms with Crippen LogP contribution in [0, 0.1) is 13.8 Å². The van der Waals surface area contributed by atoms with Crippen molar-refractivity contribution in [1.82, 2.24) is 30.0 Å². The Hall–Kier alpha value is -7.74. The number of anilines is 4. The molecule has 2 aromatic heterocycles. The van der Waals surface area contributed by atoms with E-state index < -0.39 is 12.1 Å². The molecule has 0 fully saturated rings. The molecule has 14 nitrogen and oxygen atoms in total. The van der Waals surface area contributed by atoms with Gasteiger partial charge in [-0.15, -0.1) is 30.0 Å². The average Bonchev–Trinajstić information content (AvgIpc) is 3.77. The van der Waals surface area contributed by atoms with Crippen LogP contribution in [0.1, 0.15) is 22.3 Å². The van der Waals surface area contributed by atoms with Crippen molar-refractivity contribution >= 4 is 56.9 Å². The summed E-state index contributed by atoms with van der Waals surface area (Å²) >= 11 is 0. The van der Waals surface area contributed by atoms with Gasteiger partial charge in [0, 0.05) is 34.9 Å². The standard InChI is InChI=1S/C41H34N10O4/c1-24-3-15-32-34(19-24)48-50(46-32)36-17-13-30(22-38(36)52)44-40(54)42-28-9-5-26(6-10-28)21-27-7-11-29(12-8-27)43-41(55)45-31-14-18-37(39(53)23-31)51-47-33-16-4-25(2)20-35(33)49-51/h3-20,22-23,52-53H,21H2,1-2H3,(H2,42,44,54)(H2,43,45,55). The molecule has 0 aliphatic carbocycles. The van der Waals surface area contributed by atoms with Gasteiger partial charge in [-0.1, -0.05) is 36.4 Å². The number of phenols is 2. The largest absolute Gasteiger partial charge is 0.506 e. The molecule has 8 aromatic rings. The minimum atomic E-state index is -0.463. The highest BCUT2D eigenvalue weighted by molar-refractivity contribution is 6.00. The second-order valence-corrected chi connectivity index (χ2v) is 13.1. The number of carbonyl (C=O) groups is 2. The maximum absolute atomic E-state index is 12.7. The van der Waals surface area contributed by atoms with Crippen LogP contribution < -0.4 is 21.3 Å². The molecule has 0 unspecified atom stereocenters. The Morgan fingerprint density at radius 3 is 1.24 bits per heavy atom. The maximum Gasteiger partial charge on any atom is 0.323 e. The Morgan fingerprint density at radius 1 is 0.473 bits per heavy atom. The van der Waals surface area contributed by atoms with Crippen molar-refractivity contribution < 1.29 is 19.8 Å². The highest BCUT2D eigenvalue weighted by Crippen LogP contribution is 2.28. The van der Waals surface area contributed by atoms with Crippen molar-refractivity contribution in [3.8, 4) is 22.9 Å². The Bertz CT molecular complexity index is 2540. The summed E-state index contributed by atoms with van der Waals surface area (Å²) in [6.07, 6.45) is 0.636. The van der Waals surface area contributed by atoms with Gasteiger partial charge >= 0.3 is 12.1 Å². The molecule has 0 saturated carbocycles. The van der Waals surface area contributed by atoms with Gasteiger partial charge in [-0.25, -0.2) is 9.59 Å². The molecular weight excluding hydrogens is 697 g/mol. The molecule has 2 heterocycles. The molecule has 4 amide bonds. The third kappa shape index (κ3) is 7.73. The zero-order chi connectivity index (χ0) is 38.1. The van der Waals surface area contributed by atoms with Crippen molar-refractivity contribution in [1.29, 1.82) is 0 Å². The minimum absolute atomic E-state index is 0.0809. The fourth-order valence-electron chi connectivity index (χ4n) is 6.04. The molecule has 14 heteroatoms. The van der Waals surface area contributed by atoms with E-state index in [1.807, 2.05) is 98.8 Å². The lowest BCUT2D eigenvalue weighted by Crippen LogP contribution is -2.19. The zero-order valence-corrected chi connectivity index (χ0v) is 29.6. The predicted molar refractivity (Wildman–Crippen MR) is 212 cm³/mol. The smallest absolute Gasteiger partial charge is 0.323 e. The average molecular weight is 731 g/mol.